The van der Waals surface area contributed by atoms with Crippen LogP contribution < -0.4 is 0 Å². The third kappa shape index (κ3) is 1.80. The van der Waals surface area contributed by atoms with E-state index >= 15 is 0 Å². The first-order valence-electron chi connectivity index (χ1n) is 6.58. The van der Waals surface area contributed by atoms with Crippen LogP contribution in [0.3, 0.4) is 0 Å². The van der Waals surface area contributed by atoms with Gasteiger partial charge in [0.25, 0.3) is 0 Å². The van der Waals surface area contributed by atoms with Gasteiger partial charge in [0.2, 0.25) is 0 Å². The number of hydrogen-bond donors (Lipinski definition) is 0. The lowest BCUT2D eigenvalue weighted by atomic mass is 9.70. The molecular formula is C13H20O3. The third-order valence-electron chi connectivity index (χ3n) is 4.41. The highest BCUT2D eigenvalue weighted by Crippen LogP contribution is 2.44. The molecule has 1 aliphatic carbocycles. The van der Waals surface area contributed by atoms with E-state index in [1.807, 2.05) is 0 Å². The maximum Gasteiger partial charge on any atom is 0.164 e. The van der Waals surface area contributed by atoms with Crippen LogP contribution in [0, 0.1) is 5.92 Å². The van der Waals surface area contributed by atoms with E-state index in [4.69, 9.17) is 9.47 Å². The molecule has 3 rings (SSSR count). The summed E-state index contributed by atoms with van der Waals surface area (Å²) in [5.74, 6) is 0.559. The van der Waals surface area contributed by atoms with E-state index in [1.165, 1.54) is 6.42 Å². The van der Waals surface area contributed by atoms with Crippen molar-refractivity contribution in [1.82, 2.24) is 0 Å². The summed E-state index contributed by atoms with van der Waals surface area (Å²) in [7, 11) is 0. The van der Waals surface area contributed by atoms with Gasteiger partial charge in [-0.1, -0.05) is 0 Å². The van der Waals surface area contributed by atoms with Gasteiger partial charge in [0.15, 0.2) is 5.78 Å². The van der Waals surface area contributed by atoms with Crippen molar-refractivity contribution < 1.29 is 14.3 Å². The molecule has 16 heavy (non-hydrogen) atoms. The summed E-state index contributed by atoms with van der Waals surface area (Å²) < 4.78 is 11.3. The molecule has 0 N–H and O–H groups in total. The molecule has 2 heterocycles. The van der Waals surface area contributed by atoms with Crippen LogP contribution in [-0.2, 0) is 14.3 Å². The summed E-state index contributed by atoms with van der Waals surface area (Å²) in [4.78, 5) is 12.2. The van der Waals surface area contributed by atoms with Gasteiger partial charge in [0.05, 0.1) is 5.60 Å². The van der Waals surface area contributed by atoms with Crippen LogP contribution in [0.2, 0.25) is 0 Å². The van der Waals surface area contributed by atoms with E-state index in [2.05, 4.69) is 0 Å². The SMILES string of the molecule is O=C(C1CCOC2(CCC2)C1)C1CCCO1. The van der Waals surface area contributed by atoms with Crippen LogP contribution >= 0.6 is 0 Å². The Hall–Kier alpha value is -0.410. The van der Waals surface area contributed by atoms with Gasteiger partial charge >= 0.3 is 0 Å². The predicted octanol–water partition coefficient (Wildman–Crippen LogP) is 2.08. The Labute approximate surface area is 96.5 Å². The maximum atomic E-state index is 12.2. The highest BCUT2D eigenvalue weighted by molar-refractivity contribution is 5.85. The summed E-state index contributed by atoms with van der Waals surface area (Å²) in [6.07, 6.45) is 7.31. The molecule has 1 saturated carbocycles. The minimum absolute atomic E-state index is 0.0805. The molecule has 0 bridgehead atoms. The predicted molar refractivity (Wildman–Crippen MR) is 59.2 cm³/mol. The minimum atomic E-state index is -0.0970. The Bertz CT molecular complexity index is 277. The molecule has 0 aromatic carbocycles. The molecule has 0 aromatic heterocycles. The third-order valence-corrected chi connectivity index (χ3v) is 4.41. The first kappa shape index (κ1) is 10.7. The van der Waals surface area contributed by atoms with Crippen molar-refractivity contribution in [1.29, 1.82) is 0 Å². The molecule has 1 spiro atoms. The van der Waals surface area contributed by atoms with Gasteiger partial charge < -0.3 is 9.47 Å². The molecule has 0 aromatic rings. The lowest BCUT2D eigenvalue weighted by Gasteiger charge is -2.47. The lowest BCUT2D eigenvalue weighted by molar-refractivity contribution is -0.160. The fraction of sp³-hybridized carbons (Fsp3) is 0.923. The summed E-state index contributed by atoms with van der Waals surface area (Å²) in [5.41, 5.74) is 0.0805. The van der Waals surface area contributed by atoms with Gasteiger partial charge in [0, 0.05) is 19.1 Å². The van der Waals surface area contributed by atoms with Crippen LogP contribution in [-0.4, -0.2) is 30.7 Å². The molecule has 3 aliphatic rings. The Morgan fingerprint density at radius 3 is 2.62 bits per heavy atom. The fourth-order valence-corrected chi connectivity index (χ4v) is 3.26. The zero-order valence-electron chi connectivity index (χ0n) is 9.74. The van der Waals surface area contributed by atoms with Crippen molar-refractivity contribution in [2.45, 2.75) is 56.7 Å². The monoisotopic (exact) mass is 224 g/mol. The number of hydrogen-bond acceptors (Lipinski definition) is 3. The summed E-state index contributed by atoms with van der Waals surface area (Å²) in [6, 6.07) is 0. The Kier molecular flexibility index (Phi) is 2.76. The number of carbonyl (C=O) groups is 1. The first-order chi connectivity index (χ1) is 7.79. The summed E-state index contributed by atoms with van der Waals surface area (Å²) in [6.45, 7) is 1.54. The fourth-order valence-electron chi connectivity index (χ4n) is 3.26. The van der Waals surface area contributed by atoms with Gasteiger partial charge in [-0.15, -0.1) is 0 Å². The average molecular weight is 224 g/mol. The largest absolute Gasteiger partial charge is 0.375 e. The standard InChI is InChI=1S/C13H20O3/c14-12(11-3-1-7-15-11)10-4-8-16-13(9-10)5-2-6-13/h10-11H,1-9H2. The normalized spacial score (nSPS) is 37.2. The van der Waals surface area contributed by atoms with E-state index in [1.54, 1.807) is 0 Å². The number of Topliss-reactive ketones (excluding diaryl/α,β-unsaturated/α-hetero) is 1. The van der Waals surface area contributed by atoms with Crippen LogP contribution in [0.4, 0.5) is 0 Å². The summed E-state index contributed by atoms with van der Waals surface area (Å²) >= 11 is 0. The van der Waals surface area contributed by atoms with E-state index in [0.29, 0.717) is 5.78 Å². The van der Waals surface area contributed by atoms with Gasteiger partial charge in [-0.3, -0.25) is 4.79 Å². The highest BCUT2D eigenvalue weighted by Gasteiger charge is 2.45. The Morgan fingerprint density at radius 1 is 1.12 bits per heavy atom. The van der Waals surface area contributed by atoms with Crippen molar-refractivity contribution in [2.75, 3.05) is 13.2 Å². The van der Waals surface area contributed by atoms with E-state index in [9.17, 15) is 4.79 Å². The van der Waals surface area contributed by atoms with Crippen molar-refractivity contribution >= 4 is 5.78 Å². The smallest absolute Gasteiger partial charge is 0.164 e. The second kappa shape index (κ2) is 4.11. The minimum Gasteiger partial charge on any atom is -0.375 e. The molecule has 0 radical (unpaired) electrons. The van der Waals surface area contributed by atoms with Gasteiger partial charge in [0.1, 0.15) is 6.10 Å². The number of ether oxygens (including phenoxy) is 2. The Morgan fingerprint density at radius 2 is 2.00 bits per heavy atom. The molecule has 3 nitrogen and oxygen atoms in total. The van der Waals surface area contributed by atoms with Gasteiger partial charge in [-0.25, -0.2) is 0 Å². The number of ketones is 1. The molecule has 2 saturated heterocycles. The maximum absolute atomic E-state index is 12.2. The van der Waals surface area contributed by atoms with E-state index in [-0.39, 0.29) is 17.6 Å². The molecular weight excluding hydrogens is 204 g/mol. The van der Waals surface area contributed by atoms with Gasteiger partial charge in [-0.2, -0.15) is 0 Å². The molecule has 3 fully saturated rings. The van der Waals surface area contributed by atoms with Crippen LogP contribution in [0.25, 0.3) is 0 Å². The zero-order valence-corrected chi connectivity index (χ0v) is 9.74. The molecule has 3 heteroatoms. The van der Waals surface area contributed by atoms with Crippen LogP contribution in [0.1, 0.15) is 44.9 Å². The second-order valence-corrected chi connectivity index (χ2v) is 5.48. The lowest BCUT2D eigenvalue weighted by Crippen LogP contribution is -2.48. The van der Waals surface area contributed by atoms with Crippen molar-refractivity contribution in [3.8, 4) is 0 Å². The molecule has 0 amide bonds. The Balaban J connectivity index is 1.63. The van der Waals surface area contributed by atoms with Crippen molar-refractivity contribution in [3.05, 3.63) is 0 Å². The molecule has 2 atom stereocenters. The quantitative estimate of drug-likeness (QED) is 0.720. The van der Waals surface area contributed by atoms with E-state index < -0.39 is 0 Å². The number of carbonyl (C=O) groups excluding carboxylic acids is 1. The van der Waals surface area contributed by atoms with Gasteiger partial charge in [-0.05, 0) is 44.9 Å². The second-order valence-electron chi connectivity index (χ2n) is 5.48. The van der Waals surface area contributed by atoms with Crippen LogP contribution in [0.15, 0.2) is 0 Å². The van der Waals surface area contributed by atoms with E-state index in [0.717, 1.165) is 51.7 Å². The zero-order chi connectivity index (χ0) is 11.0. The molecule has 2 aliphatic heterocycles. The van der Waals surface area contributed by atoms with Crippen LogP contribution in [0.5, 0.6) is 0 Å². The first-order valence-corrected chi connectivity index (χ1v) is 6.58. The molecule has 90 valence electrons. The van der Waals surface area contributed by atoms with Crippen molar-refractivity contribution in [3.63, 3.8) is 0 Å². The highest BCUT2D eigenvalue weighted by atomic mass is 16.5. The van der Waals surface area contributed by atoms with Crippen molar-refractivity contribution in [2.24, 2.45) is 5.92 Å². The average Bonchev–Trinajstić information content (AvgIpc) is 2.79. The molecule has 2 unspecified atom stereocenters. The topological polar surface area (TPSA) is 35.5 Å². The summed E-state index contributed by atoms with van der Waals surface area (Å²) in [5, 5.41) is 0. The number of rotatable bonds is 2.